The van der Waals surface area contributed by atoms with Crippen LogP contribution in [-0.2, 0) is 11.3 Å². The summed E-state index contributed by atoms with van der Waals surface area (Å²) in [5.74, 6) is 0.639. The fourth-order valence-electron chi connectivity index (χ4n) is 2.48. The number of anilines is 1. The lowest BCUT2D eigenvalue weighted by Gasteiger charge is -2.15. The van der Waals surface area contributed by atoms with Crippen molar-refractivity contribution in [2.75, 3.05) is 18.1 Å². The first kappa shape index (κ1) is 17.1. The molecule has 2 aromatic rings. The first-order valence-corrected chi connectivity index (χ1v) is 8.03. The van der Waals surface area contributed by atoms with Crippen LogP contribution in [0, 0.1) is 10.1 Å². The molecule has 1 heterocycles. The Morgan fingerprint density at radius 1 is 1.32 bits per heavy atom. The number of hydrogen-bond acceptors (Lipinski definition) is 6. The van der Waals surface area contributed by atoms with Gasteiger partial charge < -0.3 is 14.6 Å². The number of rotatable bonds is 6. The van der Waals surface area contributed by atoms with Crippen molar-refractivity contribution in [3.05, 3.63) is 64.2 Å². The second-order valence-corrected chi connectivity index (χ2v) is 5.86. The summed E-state index contributed by atoms with van der Waals surface area (Å²) in [6.07, 6.45) is -0.308. The monoisotopic (exact) mass is 360 g/mol. The molecule has 0 spiro atoms. The van der Waals surface area contributed by atoms with Gasteiger partial charge in [-0.3, -0.25) is 15.0 Å². The summed E-state index contributed by atoms with van der Waals surface area (Å²) in [7, 11) is 0. The number of aliphatic hydroxyl groups is 1. The molecule has 1 N–H and O–H groups in total. The van der Waals surface area contributed by atoms with Crippen molar-refractivity contribution in [1.29, 1.82) is 0 Å². The molecule has 7 nitrogen and oxygen atoms in total. The van der Waals surface area contributed by atoms with E-state index < -0.39 is 4.92 Å². The number of nitrogens with zero attached hydrogens (tertiary/aromatic N) is 2. The first-order valence-electron chi connectivity index (χ1n) is 7.62. The highest BCUT2D eigenvalue weighted by Gasteiger charge is 2.28. The third-order valence-corrected chi connectivity index (χ3v) is 4.07. The molecule has 1 atom stereocenters. The highest BCUT2D eigenvalue weighted by Crippen LogP contribution is 2.25. The number of ether oxygens (including phenoxy) is 2. The van der Waals surface area contributed by atoms with Crippen LogP contribution in [-0.4, -0.2) is 34.5 Å². The van der Waals surface area contributed by atoms with E-state index in [0.29, 0.717) is 17.5 Å². The number of thiocarbonyl (C=S) groups is 1. The third kappa shape index (κ3) is 4.04. The normalized spacial score (nSPS) is 16.6. The molecule has 1 aliphatic rings. The average Bonchev–Trinajstić information content (AvgIpc) is 3.01. The van der Waals surface area contributed by atoms with Crippen LogP contribution < -0.4 is 9.64 Å². The summed E-state index contributed by atoms with van der Waals surface area (Å²) in [6, 6.07) is 13.6. The van der Waals surface area contributed by atoms with Gasteiger partial charge in [-0.25, -0.2) is 0 Å². The molecule has 2 aromatic carbocycles. The van der Waals surface area contributed by atoms with Crippen LogP contribution in [0.4, 0.5) is 11.4 Å². The Balaban J connectivity index is 1.62. The van der Waals surface area contributed by atoms with Crippen molar-refractivity contribution < 1.29 is 19.5 Å². The Hall–Kier alpha value is -2.71. The van der Waals surface area contributed by atoms with E-state index in [1.807, 2.05) is 12.1 Å². The molecule has 1 saturated heterocycles. The molecule has 25 heavy (non-hydrogen) atoms. The largest absolute Gasteiger partial charge is 0.489 e. The maximum atomic E-state index is 10.8. The van der Waals surface area contributed by atoms with E-state index >= 15 is 0 Å². The van der Waals surface area contributed by atoms with Crippen molar-refractivity contribution in [3.63, 3.8) is 0 Å². The van der Waals surface area contributed by atoms with E-state index in [-0.39, 0.29) is 25.0 Å². The average molecular weight is 360 g/mol. The number of nitro groups is 1. The smallest absolute Gasteiger partial charge is 0.269 e. The molecule has 0 saturated carbocycles. The fraction of sp³-hybridized carbons (Fsp3) is 0.235. The Kier molecular flexibility index (Phi) is 5.11. The molecule has 3 rings (SSSR count). The van der Waals surface area contributed by atoms with Crippen LogP contribution in [0.15, 0.2) is 48.5 Å². The highest BCUT2D eigenvalue weighted by molar-refractivity contribution is 7.80. The number of nitro benzene ring substituents is 1. The summed E-state index contributed by atoms with van der Waals surface area (Å²) >= 11 is 5.15. The van der Waals surface area contributed by atoms with Crippen LogP contribution in [0.5, 0.6) is 5.75 Å². The quantitative estimate of drug-likeness (QED) is 0.481. The lowest BCUT2D eigenvalue weighted by molar-refractivity contribution is -0.384. The van der Waals surface area contributed by atoms with Crippen molar-refractivity contribution in [1.82, 2.24) is 0 Å². The Morgan fingerprint density at radius 2 is 2.08 bits per heavy atom. The fourth-order valence-corrected chi connectivity index (χ4v) is 2.79. The number of hydrogen-bond donors (Lipinski definition) is 1. The van der Waals surface area contributed by atoms with Gasteiger partial charge in [0.1, 0.15) is 18.5 Å². The molecular weight excluding hydrogens is 344 g/mol. The predicted octanol–water partition coefficient (Wildman–Crippen LogP) is 2.66. The van der Waals surface area contributed by atoms with Gasteiger partial charge in [0.15, 0.2) is 0 Å². The van der Waals surface area contributed by atoms with Gasteiger partial charge in [0.05, 0.1) is 18.1 Å². The Labute approximate surface area is 149 Å². The molecule has 1 fully saturated rings. The van der Waals surface area contributed by atoms with Gasteiger partial charge in [0.25, 0.3) is 10.9 Å². The van der Waals surface area contributed by atoms with Gasteiger partial charge in [0.2, 0.25) is 0 Å². The van der Waals surface area contributed by atoms with Crippen molar-refractivity contribution in [2.45, 2.75) is 12.7 Å². The van der Waals surface area contributed by atoms with E-state index in [1.54, 1.807) is 29.2 Å². The van der Waals surface area contributed by atoms with Crippen molar-refractivity contribution in [3.8, 4) is 5.75 Å². The number of non-ortho nitro benzene ring substituents is 1. The number of benzene rings is 2. The molecule has 1 aliphatic heterocycles. The molecule has 0 aliphatic carbocycles. The predicted molar refractivity (Wildman–Crippen MR) is 95.8 cm³/mol. The minimum atomic E-state index is -0.432. The minimum absolute atomic E-state index is 0.0393. The van der Waals surface area contributed by atoms with Gasteiger partial charge in [-0.2, -0.15) is 0 Å². The summed E-state index contributed by atoms with van der Waals surface area (Å²) < 4.78 is 11.0. The zero-order chi connectivity index (χ0) is 17.8. The molecule has 1 unspecified atom stereocenters. The van der Waals surface area contributed by atoms with E-state index in [9.17, 15) is 10.1 Å². The highest BCUT2D eigenvalue weighted by atomic mass is 32.1. The first-order chi connectivity index (χ1) is 12.1. The topological polar surface area (TPSA) is 85.1 Å². The van der Waals surface area contributed by atoms with E-state index in [0.717, 1.165) is 11.3 Å². The Bertz CT molecular complexity index is 781. The molecular formula is C17H16N2O5S. The van der Waals surface area contributed by atoms with Gasteiger partial charge in [0, 0.05) is 17.8 Å². The van der Waals surface area contributed by atoms with E-state index in [1.165, 1.54) is 12.1 Å². The second kappa shape index (κ2) is 7.45. The molecule has 0 aromatic heterocycles. The van der Waals surface area contributed by atoms with Crippen LogP contribution in [0.2, 0.25) is 0 Å². The van der Waals surface area contributed by atoms with Crippen LogP contribution in [0.3, 0.4) is 0 Å². The lowest BCUT2D eigenvalue weighted by atomic mass is 10.2. The SMILES string of the molecule is O=[N+]([O-])c1cccc(COc2ccc(N3CC(CO)OC3=S)cc2)c1. The zero-order valence-corrected chi connectivity index (χ0v) is 14.0. The summed E-state index contributed by atoms with van der Waals surface area (Å²) in [4.78, 5) is 12.2. The van der Waals surface area contributed by atoms with E-state index in [4.69, 9.17) is 26.8 Å². The third-order valence-electron chi connectivity index (χ3n) is 3.75. The van der Waals surface area contributed by atoms with Gasteiger partial charge >= 0.3 is 0 Å². The molecule has 0 radical (unpaired) electrons. The molecule has 130 valence electrons. The maximum absolute atomic E-state index is 10.8. The van der Waals surface area contributed by atoms with Crippen LogP contribution in [0.25, 0.3) is 0 Å². The minimum Gasteiger partial charge on any atom is -0.489 e. The van der Waals surface area contributed by atoms with Gasteiger partial charge in [-0.15, -0.1) is 0 Å². The van der Waals surface area contributed by atoms with Crippen molar-refractivity contribution in [2.24, 2.45) is 0 Å². The Morgan fingerprint density at radius 3 is 2.72 bits per heavy atom. The van der Waals surface area contributed by atoms with Gasteiger partial charge in [-0.05, 0) is 42.0 Å². The molecule has 8 heteroatoms. The lowest BCUT2D eigenvalue weighted by Crippen LogP contribution is -2.25. The molecule has 0 amide bonds. The maximum Gasteiger partial charge on any atom is 0.269 e. The number of aliphatic hydroxyl groups excluding tert-OH is 1. The van der Waals surface area contributed by atoms with Gasteiger partial charge in [-0.1, -0.05) is 12.1 Å². The summed E-state index contributed by atoms with van der Waals surface area (Å²) in [5, 5.41) is 20.3. The molecule has 0 bridgehead atoms. The van der Waals surface area contributed by atoms with Crippen molar-refractivity contribution >= 4 is 28.8 Å². The summed E-state index contributed by atoms with van der Waals surface area (Å²) in [5.41, 5.74) is 1.61. The van der Waals surface area contributed by atoms with Crippen LogP contribution >= 0.6 is 12.2 Å². The zero-order valence-electron chi connectivity index (χ0n) is 13.2. The van der Waals surface area contributed by atoms with E-state index in [2.05, 4.69) is 0 Å². The van der Waals surface area contributed by atoms with Crippen LogP contribution in [0.1, 0.15) is 5.56 Å². The summed E-state index contributed by atoms with van der Waals surface area (Å²) in [6.45, 7) is 0.656. The standard InChI is InChI=1S/C17H16N2O5S/c20-10-16-9-18(17(25)24-16)13-4-6-15(7-5-13)23-11-12-2-1-3-14(8-12)19(21)22/h1-8,16,20H,9-11H2. The second-order valence-electron chi connectivity index (χ2n) is 5.51.